The van der Waals surface area contributed by atoms with Gasteiger partial charge in [0.2, 0.25) is 5.78 Å². The number of aliphatic imine (C=N–C) groups is 1. The molecule has 0 saturated carbocycles. The first-order valence-corrected chi connectivity index (χ1v) is 5.47. The first-order chi connectivity index (χ1) is 7.84. The van der Waals surface area contributed by atoms with Crippen LogP contribution in [0.1, 0.15) is 19.3 Å². The van der Waals surface area contributed by atoms with E-state index in [1.807, 2.05) is 12.3 Å². The number of ketones is 1. The Morgan fingerprint density at radius 3 is 2.94 bits per heavy atom. The van der Waals surface area contributed by atoms with Gasteiger partial charge in [-0.1, -0.05) is 18.2 Å². The summed E-state index contributed by atoms with van der Waals surface area (Å²) in [6.07, 6.45) is 12.1. The van der Waals surface area contributed by atoms with Gasteiger partial charge in [-0.15, -0.1) is 0 Å². The molecule has 0 unspecified atom stereocenters. The lowest BCUT2D eigenvalue weighted by molar-refractivity contribution is -0.111. The molecule has 3 nitrogen and oxygen atoms in total. The van der Waals surface area contributed by atoms with Crippen LogP contribution >= 0.6 is 0 Å². The summed E-state index contributed by atoms with van der Waals surface area (Å²) >= 11 is 0. The zero-order valence-corrected chi connectivity index (χ0v) is 8.86. The van der Waals surface area contributed by atoms with E-state index < -0.39 is 0 Å². The van der Waals surface area contributed by atoms with Gasteiger partial charge in [-0.2, -0.15) is 0 Å². The van der Waals surface area contributed by atoms with Crippen LogP contribution in [-0.4, -0.2) is 12.0 Å². The van der Waals surface area contributed by atoms with E-state index in [1.165, 1.54) is 5.57 Å². The average molecular weight is 212 g/mol. The Balaban J connectivity index is 2.00. The Hall–Kier alpha value is -1.90. The van der Waals surface area contributed by atoms with Crippen LogP contribution in [0.5, 0.6) is 0 Å². The molecule has 3 rings (SSSR count). The number of carbonyl (C=O) groups is 1. The van der Waals surface area contributed by atoms with E-state index in [0.29, 0.717) is 5.70 Å². The molecule has 0 aromatic carbocycles. The van der Waals surface area contributed by atoms with Crippen molar-refractivity contribution >= 4 is 12.0 Å². The zero-order valence-electron chi connectivity index (χ0n) is 8.86. The summed E-state index contributed by atoms with van der Waals surface area (Å²) < 4.78 is 0. The fourth-order valence-corrected chi connectivity index (χ4v) is 2.09. The van der Waals surface area contributed by atoms with Crippen molar-refractivity contribution in [1.82, 2.24) is 5.32 Å². The minimum atomic E-state index is 0.0294. The largest absolute Gasteiger partial charge is 0.354 e. The normalized spacial score (nSPS) is 22.9. The van der Waals surface area contributed by atoms with Crippen LogP contribution in [0.15, 0.2) is 52.0 Å². The third-order valence-electron chi connectivity index (χ3n) is 2.98. The summed E-state index contributed by atoms with van der Waals surface area (Å²) in [5.74, 6) is 0.0294. The van der Waals surface area contributed by atoms with E-state index in [4.69, 9.17) is 0 Å². The van der Waals surface area contributed by atoms with Crippen LogP contribution in [0.2, 0.25) is 0 Å². The third-order valence-corrected chi connectivity index (χ3v) is 2.98. The number of nitrogens with zero attached hydrogens (tertiary/aromatic N) is 1. The van der Waals surface area contributed by atoms with Crippen LogP contribution in [-0.2, 0) is 4.79 Å². The summed E-state index contributed by atoms with van der Waals surface area (Å²) in [4.78, 5) is 16.1. The fourth-order valence-electron chi connectivity index (χ4n) is 2.09. The van der Waals surface area contributed by atoms with Crippen LogP contribution in [0.3, 0.4) is 0 Å². The van der Waals surface area contributed by atoms with Crippen molar-refractivity contribution < 1.29 is 4.79 Å². The molecule has 0 spiro atoms. The van der Waals surface area contributed by atoms with Crippen molar-refractivity contribution in [3.8, 4) is 0 Å². The van der Waals surface area contributed by atoms with Crippen LogP contribution < -0.4 is 5.32 Å². The number of hydrogen-bond donors (Lipinski definition) is 1. The molecule has 0 aromatic heterocycles. The topological polar surface area (TPSA) is 41.5 Å². The molecule has 0 amide bonds. The second kappa shape index (κ2) is 3.59. The van der Waals surface area contributed by atoms with Gasteiger partial charge in [-0.05, 0) is 18.1 Å². The molecule has 0 fully saturated rings. The van der Waals surface area contributed by atoms with Gasteiger partial charge in [0.25, 0.3) is 0 Å². The van der Waals surface area contributed by atoms with Gasteiger partial charge in [0.1, 0.15) is 5.70 Å². The lowest BCUT2D eigenvalue weighted by Crippen LogP contribution is -2.22. The molecule has 16 heavy (non-hydrogen) atoms. The number of carbonyl (C=O) groups excluding carboxylic acids is 1. The summed E-state index contributed by atoms with van der Waals surface area (Å²) in [6, 6.07) is 0. The third kappa shape index (κ3) is 1.45. The molecule has 1 N–H and O–H groups in total. The maximum atomic E-state index is 11.7. The predicted octanol–water partition coefficient (Wildman–Crippen LogP) is 2.01. The van der Waals surface area contributed by atoms with Crippen LogP contribution in [0.25, 0.3) is 0 Å². The number of allylic oxidation sites excluding steroid dienone is 5. The summed E-state index contributed by atoms with van der Waals surface area (Å²) in [5, 5.41) is 3.25. The predicted molar refractivity (Wildman–Crippen MR) is 62.8 cm³/mol. The molecular weight excluding hydrogens is 200 g/mol. The van der Waals surface area contributed by atoms with Gasteiger partial charge in [0.05, 0.1) is 5.70 Å². The molecule has 0 saturated heterocycles. The van der Waals surface area contributed by atoms with E-state index in [2.05, 4.69) is 22.5 Å². The fraction of sp³-hybridized carbons (Fsp3) is 0.231. The van der Waals surface area contributed by atoms with Gasteiger partial charge < -0.3 is 5.32 Å². The van der Waals surface area contributed by atoms with Crippen molar-refractivity contribution in [3.05, 3.63) is 47.0 Å². The second-order valence-corrected chi connectivity index (χ2v) is 4.06. The van der Waals surface area contributed by atoms with E-state index >= 15 is 0 Å². The molecule has 1 aliphatic heterocycles. The molecule has 2 aliphatic carbocycles. The highest BCUT2D eigenvalue weighted by molar-refractivity contribution is 6.06. The lowest BCUT2D eigenvalue weighted by atomic mass is 10.0. The van der Waals surface area contributed by atoms with Gasteiger partial charge in [0.15, 0.2) is 0 Å². The Kier molecular flexibility index (Phi) is 2.10. The van der Waals surface area contributed by atoms with Crippen LogP contribution in [0.4, 0.5) is 0 Å². The molecule has 0 aromatic rings. The summed E-state index contributed by atoms with van der Waals surface area (Å²) in [6.45, 7) is 0. The minimum absolute atomic E-state index is 0.0294. The van der Waals surface area contributed by atoms with Gasteiger partial charge >= 0.3 is 0 Å². The Morgan fingerprint density at radius 2 is 2.00 bits per heavy atom. The van der Waals surface area contributed by atoms with Crippen molar-refractivity contribution in [1.29, 1.82) is 0 Å². The lowest BCUT2D eigenvalue weighted by Gasteiger charge is -2.17. The van der Waals surface area contributed by atoms with Crippen molar-refractivity contribution in [3.63, 3.8) is 0 Å². The second-order valence-electron chi connectivity index (χ2n) is 4.06. The number of hydrogen-bond acceptors (Lipinski definition) is 3. The Morgan fingerprint density at radius 1 is 1.12 bits per heavy atom. The first kappa shape index (κ1) is 9.33. The van der Waals surface area contributed by atoms with Crippen LogP contribution in [0, 0.1) is 0 Å². The van der Waals surface area contributed by atoms with Gasteiger partial charge in [-0.25, -0.2) is 0 Å². The first-order valence-electron chi connectivity index (χ1n) is 5.47. The highest BCUT2D eigenvalue weighted by atomic mass is 16.1. The standard InChI is InChI=1S/C13H12N2O/c16-12-7-3-6-11-13(12)15-10-5-2-1-4-9(10)8-14-11/h1-3,7-8,15H,4-6H2. The SMILES string of the molecule is O=C1C=CCC2=C1NC1=C(C=N2)CC=CC1. The van der Waals surface area contributed by atoms with E-state index in [1.54, 1.807) is 6.08 Å². The average Bonchev–Trinajstić information content (AvgIpc) is 2.50. The van der Waals surface area contributed by atoms with Crippen molar-refractivity contribution in [2.24, 2.45) is 4.99 Å². The minimum Gasteiger partial charge on any atom is -0.354 e. The summed E-state index contributed by atoms with van der Waals surface area (Å²) in [7, 11) is 0. The number of rotatable bonds is 0. The Labute approximate surface area is 93.9 Å². The summed E-state index contributed by atoms with van der Waals surface area (Å²) in [5.41, 5.74) is 3.80. The van der Waals surface area contributed by atoms with Gasteiger partial charge in [0, 0.05) is 24.8 Å². The van der Waals surface area contributed by atoms with Gasteiger partial charge in [-0.3, -0.25) is 9.79 Å². The van der Waals surface area contributed by atoms with E-state index in [0.717, 1.165) is 30.7 Å². The van der Waals surface area contributed by atoms with E-state index in [-0.39, 0.29) is 5.78 Å². The molecule has 3 aliphatic rings. The molecule has 3 heteroatoms. The molecular formula is C13H12N2O. The number of nitrogens with one attached hydrogen (secondary N) is 1. The smallest absolute Gasteiger partial charge is 0.203 e. The molecule has 0 bridgehead atoms. The monoisotopic (exact) mass is 212 g/mol. The maximum Gasteiger partial charge on any atom is 0.203 e. The Bertz CT molecular complexity index is 504. The molecule has 1 heterocycles. The van der Waals surface area contributed by atoms with E-state index in [9.17, 15) is 4.79 Å². The highest BCUT2D eigenvalue weighted by Gasteiger charge is 2.21. The highest BCUT2D eigenvalue weighted by Crippen LogP contribution is 2.25. The zero-order chi connectivity index (χ0) is 11.0. The molecule has 0 radical (unpaired) electrons. The van der Waals surface area contributed by atoms with Crippen molar-refractivity contribution in [2.45, 2.75) is 19.3 Å². The van der Waals surface area contributed by atoms with Crippen molar-refractivity contribution in [2.75, 3.05) is 0 Å². The molecule has 80 valence electrons. The quantitative estimate of drug-likeness (QED) is 0.624. The molecule has 0 atom stereocenters. The maximum absolute atomic E-state index is 11.7.